The average Bonchev–Trinajstić information content (AvgIpc) is 2.89. The van der Waals surface area contributed by atoms with E-state index in [9.17, 15) is 24.3 Å². The van der Waals surface area contributed by atoms with Crippen molar-refractivity contribution in [1.29, 1.82) is 0 Å². The number of carbonyl (C=O) groups is 3. The van der Waals surface area contributed by atoms with Crippen LogP contribution >= 0.6 is 0 Å². The van der Waals surface area contributed by atoms with E-state index in [1.807, 2.05) is 0 Å². The van der Waals surface area contributed by atoms with Gasteiger partial charge >= 0.3 is 11.6 Å². The fourth-order valence-electron chi connectivity index (χ4n) is 4.05. The Hall–Kier alpha value is -5.00. The molecule has 0 aliphatic heterocycles. The van der Waals surface area contributed by atoms with Crippen molar-refractivity contribution >= 4 is 23.5 Å². The van der Waals surface area contributed by atoms with E-state index in [1.54, 1.807) is 12.1 Å². The van der Waals surface area contributed by atoms with Crippen LogP contribution in [0.4, 0.5) is 5.69 Å². The number of anilines is 1. The van der Waals surface area contributed by atoms with E-state index < -0.39 is 35.9 Å². The lowest BCUT2D eigenvalue weighted by atomic mass is 9.87. The largest absolute Gasteiger partial charge is 0.507 e. The number of carboxylic acid groups (broad SMARTS) is 1. The van der Waals surface area contributed by atoms with Crippen LogP contribution in [-0.2, 0) is 9.59 Å². The van der Waals surface area contributed by atoms with Gasteiger partial charge in [-0.15, -0.1) is 0 Å². The van der Waals surface area contributed by atoms with Gasteiger partial charge in [0.2, 0.25) is 11.7 Å². The molecule has 1 atom stereocenters. The Morgan fingerprint density at radius 2 is 1.64 bits per heavy atom. The summed E-state index contributed by atoms with van der Waals surface area (Å²) in [6, 6.07) is 10.2. The molecule has 0 spiro atoms. The van der Waals surface area contributed by atoms with Crippen LogP contribution in [0.2, 0.25) is 0 Å². The zero-order valence-corrected chi connectivity index (χ0v) is 21.7. The molecule has 206 valence electrons. The van der Waals surface area contributed by atoms with Crippen molar-refractivity contribution in [2.75, 3.05) is 33.2 Å². The van der Waals surface area contributed by atoms with Crippen LogP contribution in [-0.4, -0.2) is 55.9 Å². The zero-order chi connectivity index (χ0) is 28.7. The number of nitrogens with one attached hydrogen (secondary N) is 2. The molecule has 3 rings (SSSR count). The van der Waals surface area contributed by atoms with E-state index in [2.05, 4.69) is 10.6 Å². The molecular weight excluding hydrogens is 512 g/mol. The molecule has 0 aliphatic carbocycles. The molecule has 3 aromatic rings. The Bertz CT molecular complexity index is 1430. The van der Waals surface area contributed by atoms with Gasteiger partial charge in [0.15, 0.2) is 11.5 Å². The number of carboxylic acids is 1. The monoisotopic (exact) mass is 540 g/mol. The van der Waals surface area contributed by atoms with E-state index in [0.717, 1.165) is 0 Å². The Kier molecular flexibility index (Phi) is 9.15. The van der Waals surface area contributed by atoms with E-state index in [4.69, 9.17) is 23.7 Å². The summed E-state index contributed by atoms with van der Waals surface area (Å²) >= 11 is 0. The van der Waals surface area contributed by atoms with Crippen LogP contribution in [0.1, 0.15) is 39.6 Å². The lowest BCUT2D eigenvalue weighted by Crippen LogP contribution is -2.29. The number of ether oxygens (including phenoxy) is 3. The first-order chi connectivity index (χ1) is 18.6. The molecule has 12 heteroatoms. The highest BCUT2D eigenvalue weighted by Gasteiger charge is 2.30. The van der Waals surface area contributed by atoms with E-state index >= 15 is 0 Å². The number of aromatic hydroxyl groups is 1. The summed E-state index contributed by atoms with van der Waals surface area (Å²) in [6.45, 7) is 0.980. The zero-order valence-electron chi connectivity index (χ0n) is 21.7. The van der Waals surface area contributed by atoms with E-state index in [1.165, 1.54) is 58.6 Å². The summed E-state index contributed by atoms with van der Waals surface area (Å²) in [5, 5.41) is 24.3. The van der Waals surface area contributed by atoms with E-state index in [0.29, 0.717) is 17.0 Å². The molecule has 0 saturated heterocycles. The fraction of sp³-hybridized carbons (Fsp3) is 0.259. The maximum absolute atomic E-state index is 13.2. The van der Waals surface area contributed by atoms with Crippen LogP contribution in [0, 0.1) is 6.92 Å². The minimum atomic E-state index is -1.18. The summed E-state index contributed by atoms with van der Waals surface area (Å²) in [7, 11) is 4.25. The number of carbonyl (C=O) groups excluding carboxylic acids is 2. The third-order valence-electron chi connectivity index (χ3n) is 5.77. The van der Waals surface area contributed by atoms with Crippen molar-refractivity contribution in [3.05, 3.63) is 75.3 Å². The van der Waals surface area contributed by atoms with Gasteiger partial charge in [0, 0.05) is 35.2 Å². The third-order valence-corrected chi connectivity index (χ3v) is 5.77. The van der Waals surface area contributed by atoms with Crippen LogP contribution in [0.25, 0.3) is 0 Å². The van der Waals surface area contributed by atoms with Gasteiger partial charge in [-0.1, -0.05) is 6.07 Å². The Balaban J connectivity index is 1.96. The van der Waals surface area contributed by atoms with Crippen molar-refractivity contribution in [1.82, 2.24) is 5.32 Å². The number of rotatable bonds is 11. The smallest absolute Gasteiger partial charge is 0.343 e. The minimum absolute atomic E-state index is 0.147. The van der Waals surface area contributed by atoms with Crippen molar-refractivity contribution in [2.24, 2.45) is 0 Å². The summed E-state index contributed by atoms with van der Waals surface area (Å²) in [4.78, 5) is 48.7. The number of methoxy groups -OCH3 is 3. The Morgan fingerprint density at radius 1 is 0.974 bits per heavy atom. The average molecular weight is 541 g/mol. The number of hydrogen-bond donors (Lipinski definition) is 4. The summed E-state index contributed by atoms with van der Waals surface area (Å²) < 4.78 is 21.5. The summed E-state index contributed by atoms with van der Waals surface area (Å²) in [5.41, 5.74) is -0.0647. The van der Waals surface area contributed by atoms with Crippen LogP contribution < -0.4 is 30.5 Å². The lowest BCUT2D eigenvalue weighted by Gasteiger charge is -2.22. The fourth-order valence-corrected chi connectivity index (χ4v) is 4.05. The number of benzene rings is 2. The van der Waals surface area contributed by atoms with Gasteiger partial charge in [0.05, 0.1) is 26.9 Å². The second kappa shape index (κ2) is 12.5. The van der Waals surface area contributed by atoms with Crippen LogP contribution in [0.5, 0.6) is 23.0 Å². The predicted octanol–water partition coefficient (Wildman–Crippen LogP) is 2.65. The number of amides is 2. The normalized spacial score (nSPS) is 11.3. The van der Waals surface area contributed by atoms with Crippen molar-refractivity contribution in [3.8, 4) is 23.0 Å². The topological polar surface area (TPSA) is 174 Å². The van der Waals surface area contributed by atoms with Gasteiger partial charge in [0.1, 0.15) is 18.1 Å². The molecule has 1 heterocycles. The molecular formula is C27H28N2O10. The molecule has 4 N–H and O–H groups in total. The molecule has 0 bridgehead atoms. The molecule has 0 aliphatic rings. The molecule has 12 nitrogen and oxygen atoms in total. The Labute approximate surface area is 223 Å². The maximum Gasteiger partial charge on any atom is 0.343 e. The molecule has 2 amide bonds. The van der Waals surface area contributed by atoms with Gasteiger partial charge < -0.3 is 39.5 Å². The summed E-state index contributed by atoms with van der Waals surface area (Å²) in [6.07, 6.45) is -0.311. The molecule has 0 fully saturated rings. The highest BCUT2D eigenvalue weighted by molar-refractivity contribution is 5.97. The van der Waals surface area contributed by atoms with Gasteiger partial charge in [0.25, 0.3) is 5.91 Å². The standard InChI is InChI=1S/C27H28N2O10/c1-14-11-19(30)23(27(35)39-14)18(17-9-10-20(36-2)25(38-4)24(17)37-3)12-21(31)29-16-7-5-15(6-8-16)26(34)28-13-22(32)33/h5-11,18,30H,12-13H2,1-4H3,(H,28,34)(H,29,31)(H,32,33)/t18-/m0/s1. The lowest BCUT2D eigenvalue weighted by molar-refractivity contribution is -0.135. The van der Waals surface area contributed by atoms with Gasteiger partial charge in [-0.05, 0) is 37.3 Å². The SMILES string of the molecule is COc1ccc([C@H](CC(=O)Nc2ccc(C(=O)NCC(=O)O)cc2)c2c(O)cc(C)oc2=O)c(OC)c1OC. The first kappa shape index (κ1) is 28.6. The molecule has 0 unspecified atom stereocenters. The first-order valence-corrected chi connectivity index (χ1v) is 11.6. The minimum Gasteiger partial charge on any atom is -0.507 e. The van der Waals surface area contributed by atoms with Crippen molar-refractivity contribution in [3.63, 3.8) is 0 Å². The molecule has 39 heavy (non-hydrogen) atoms. The van der Waals surface area contributed by atoms with Gasteiger partial charge in [-0.2, -0.15) is 0 Å². The van der Waals surface area contributed by atoms with Crippen molar-refractivity contribution < 1.29 is 43.2 Å². The second-order valence-corrected chi connectivity index (χ2v) is 8.33. The second-order valence-electron chi connectivity index (χ2n) is 8.33. The van der Waals surface area contributed by atoms with E-state index in [-0.39, 0.29) is 40.6 Å². The molecule has 1 aromatic heterocycles. The quantitative estimate of drug-likeness (QED) is 0.283. The number of aryl methyl sites for hydroxylation is 1. The van der Waals surface area contributed by atoms with Crippen molar-refractivity contribution in [2.45, 2.75) is 19.3 Å². The predicted molar refractivity (Wildman–Crippen MR) is 139 cm³/mol. The van der Waals surface area contributed by atoms with Gasteiger partial charge in [-0.25, -0.2) is 4.79 Å². The van der Waals surface area contributed by atoms with Gasteiger partial charge in [-0.3, -0.25) is 14.4 Å². The van der Waals surface area contributed by atoms with Crippen LogP contribution in [0.15, 0.2) is 51.7 Å². The number of hydrogen-bond acceptors (Lipinski definition) is 9. The molecule has 0 saturated carbocycles. The number of aliphatic carboxylic acids is 1. The Morgan fingerprint density at radius 3 is 2.21 bits per heavy atom. The molecule has 0 radical (unpaired) electrons. The maximum atomic E-state index is 13.2. The third kappa shape index (κ3) is 6.66. The molecule has 2 aromatic carbocycles. The first-order valence-electron chi connectivity index (χ1n) is 11.6. The highest BCUT2D eigenvalue weighted by Crippen LogP contribution is 2.46. The van der Waals surface area contributed by atoms with Crippen LogP contribution in [0.3, 0.4) is 0 Å². The summed E-state index contributed by atoms with van der Waals surface area (Å²) in [5.74, 6) is -2.68. The highest BCUT2D eigenvalue weighted by atomic mass is 16.5.